The fourth-order valence-electron chi connectivity index (χ4n) is 2.84. The van der Waals surface area contributed by atoms with E-state index in [1.54, 1.807) is 25.1 Å². The molecule has 0 saturated carbocycles. The van der Waals surface area contributed by atoms with Crippen molar-refractivity contribution in [3.63, 3.8) is 0 Å². The van der Waals surface area contributed by atoms with Gasteiger partial charge in [-0.05, 0) is 31.2 Å². The summed E-state index contributed by atoms with van der Waals surface area (Å²) >= 11 is 0. The maximum absolute atomic E-state index is 13.2. The molecular weight excluding hydrogens is 361 g/mol. The number of aromatic nitrogens is 2. The third kappa shape index (κ3) is 3.55. The number of hydrogen-bond donors (Lipinski definition) is 1. The fraction of sp³-hybridized carbons (Fsp3) is 0.0952. The van der Waals surface area contributed by atoms with Gasteiger partial charge in [0.15, 0.2) is 5.76 Å². The molecule has 140 valence electrons. The molecule has 1 N–H and O–H groups in total. The van der Waals surface area contributed by atoms with Crippen LogP contribution in [-0.2, 0) is 6.54 Å². The van der Waals surface area contributed by atoms with Crippen molar-refractivity contribution in [1.82, 2.24) is 15.6 Å². The molecule has 0 spiro atoms. The predicted octanol–water partition coefficient (Wildman–Crippen LogP) is 4.37. The minimum atomic E-state index is -0.366. The summed E-state index contributed by atoms with van der Waals surface area (Å²) in [5.74, 6) is 0.275. The van der Waals surface area contributed by atoms with Crippen LogP contribution in [0.5, 0.6) is 0 Å². The molecule has 0 saturated heterocycles. The molecule has 4 aromatic rings. The summed E-state index contributed by atoms with van der Waals surface area (Å²) in [6, 6.07) is 17.0. The summed E-state index contributed by atoms with van der Waals surface area (Å²) in [7, 11) is 0. The quantitative estimate of drug-likeness (QED) is 0.558. The van der Waals surface area contributed by atoms with Gasteiger partial charge >= 0.3 is 0 Å². The van der Waals surface area contributed by atoms with E-state index in [1.807, 2.05) is 30.3 Å². The molecular formula is C21H16FN3O3. The Morgan fingerprint density at radius 1 is 1.00 bits per heavy atom. The van der Waals surface area contributed by atoms with E-state index in [0.717, 1.165) is 5.56 Å². The molecule has 0 unspecified atom stereocenters. The summed E-state index contributed by atoms with van der Waals surface area (Å²) in [6.45, 7) is 1.83. The van der Waals surface area contributed by atoms with Crippen LogP contribution < -0.4 is 5.32 Å². The van der Waals surface area contributed by atoms with Crippen molar-refractivity contribution in [2.24, 2.45) is 0 Å². The van der Waals surface area contributed by atoms with E-state index < -0.39 is 0 Å². The molecule has 0 radical (unpaired) electrons. The molecule has 28 heavy (non-hydrogen) atoms. The van der Waals surface area contributed by atoms with Gasteiger partial charge in [-0.3, -0.25) is 4.79 Å². The van der Waals surface area contributed by atoms with E-state index in [4.69, 9.17) is 9.05 Å². The van der Waals surface area contributed by atoms with E-state index >= 15 is 0 Å². The third-order valence-electron chi connectivity index (χ3n) is 4.25. The first-order valence-electron chi connectivity index (χ1n) is 8.63. The second-order valence-corrected chi connectivity index (χ2v) is 6.20. The van der Waals surface area contributed by atoms with Crippen LogP contribution in [0.25, 0.3) is 22.6 Å². The second kappa shape index (κ2) is 7.48. The number of aryl methyl sites for hydroxylation is 1. The number of hydrogen-bond acceptors (Lipinski definition) is 5. The smallest absolute Gasteiger partial charge is 0.257 e. The standard InChI is InChI=1S/C21H16FN3O3/c1-13-19(20(25-27-13)15-7-9-16(22)10-8-15)21(26)23-12-17-11-18(28-24-17)14-5-3-2-4-6-14/h2-11H,12H2,1H3,(H,23,26). The number of rotatable bonds is 5. The summed E-state index contributed by atoms with van der Waals surface area (Å²) in [6.07, 6.45) is 0. The Labute approximate surface area is 160 Å². The van der Waals surface area contributed by atoms with Crippen molar-refractivity contribution >= 4 is 5.91 Å². The Morgan fingerprint density at radius 3 is 2.50 bits per heavy atom. The molecule has 7 heteroatoms. The Kier molecular flexibility index (Phi) is 4.72. The maximum atomic E-state index is 13.2. The highest BCUT2D eigenvalue weighted by Gasteiger charge is 2.22. The normalized spacial score (nSPS) is 10.8. The van der Waals surface area contributed by atoms with Gasteiger partial charge in [0.2, 0.25) is 0 Å². The lowest BCUT2D eigenvalue weighted by Crippen LogP contribution is -2.23. The van der Waals surface area contributed by atoms with Crippen LogP contribution in [0.4, 0.5) is 4.39 Å². The molecule has 0 atom stereocenters. The van der Waals surface area contributed by atoms with E-state index in [-0.39, 0.29) is 18.3 Å². The average Bonchev–Trinajstić information content (AvgIpc) is 3.34. The molecule has 0 aliphatic carbocycles. The fourth-order valence-corrected chi connectivity index (χ4v) is 2.84. The number of nitrogens with one attached hydrogen (secondary N) is 1. The third-order valence-corrected chi connectivity index (χ3v) is 4.25. The highest BCUT2D eigenvalue weighted by atomic mass is 19.1. The van der Waals surface area contributed by atoms with Crippen LogP contribution in [-0.4, -0.2) is 16.2 Å². The molecule has 0 fully saturated rings. The number of carbonyl (C=O) groups is 1. The van der Waals surface area contributed by atoms with Crippen molar-refractivity contribution < 1.29 is 18.2 Å². The Bertz CT molecular complexity index is 1100. The highest BCUT2D eigenvalue weighted by molar-refractivity contribution is 6.00. The van der Waals surface area contributed by atoms with Crippen molar-refractivity contribution in [3.8, 4) is 22.6 Å². The Balaban J connectivity index is 1.50. The van der Waals surface area contributed by atoms with Crippen molar-refractivity contribution in [3.05, 3.63) is 83.5 Å². The first-order chi connectivity index (χ1) is 13.6. The number of benzene rings is 2. The molecule has 6 nitrogen and oxygen atoms in total. The molecule has 1 amide bonds. The van der Waals surface area contributed by atoms with Gasteiger partial charge in [-0.15, -0.1) is 0 Å². The minimum absolute atomic E-state index is 0.183. The largest absolute Gasteiger partial charge is 0.360 e. The molecule has 2 heterocycles. The lowest BCUT2D eigenvalue weighted by atomic mass is 10.1. The number of amides is 1. The Hall–Kier alpha value is -3.74. The monoisotopic (exact) mass is 377 g/mol. The van der Waals surface area contributed by atoms with Gasteiger partial charge in [0, 0.05) is 17.2 Å². The van der Waals surface area contributed by atoms with Gasteiger partial charge in [0.1, 0.15) is 28.5 Å². The predicted molar refractivity (Wildman–Crippen MR) is 99.7 cm³/mol. The highest BCUT2D eigenvalue weighted by Crippen LogP contribution is 2.25. The van der Waals surface area contributed by atoms with E-state index in [1.165, 1.54) is 12.1 Å². The van der Waals surface area contributed by atoms with Crippen LogP contribution in [0.15, 0.2) is 69.7 Å². The number of carbonyl (C=O) groups excluding carboxylic acids is 1. The zero-order valence-electron chi connectivity index (χ0n) is 15.0. The van der Waals surface area contributed by atoms with Crippen LogP contribution in [0, 0.1) is 12.7 Å². The lowest BCUT2D eigenvalue weighted by molar-refractivity contribution is 0.0949. The van der Waals surface area contributed by atoms with Crippen molar-refractivity contribution in [2.45, 2.75) is 13.5 Å². The Morgan fingerprint density at radius 2 is 1.75 bits per heavy atom. The van der Waals surface area contributed by atoms with Crippen molar-refractivity contribution in [1.29, 1.82) is 0 Å². The zero-order valence-corrected chi connectivity index (χ0v) is 15.0. The van der Waals surface area contributed by atoms with Gasteiger partial charge in [0.25, 0.3) is 5.91 Å². The molecule has 0 aliphatic heterocycles. The summed E-state index contributed by atoms with van der Waals surface area (Å²) in [5, 5.41) is 10.7. The molecule has 2 aromatic heterocycles. The van der Waals surface area contributed by atoms with Crippen molar-refractivity contribution in [2.75, 3.05) is 0 Å². The van der Waals surface area contributed by atoms with Crippen LogP contribution in [0.1, 0.15) is 21.8 Å². The van der Waals surface area contributed by atoms with Gasteiger partial charge in [0.05, 0.1) is 6.54 Å². The summed E-state index contributed by atoms with van der Waals surface area (Å²) in [5.41, 5.74) is 2.75. The topological polar surface area (TPSA) is 81.2 Å². The zero-order chi connectivity index (χ0) is 19.5. The SMILES string of the molecule is Cc1onc(-c2ccc(F)cc2)c1C(=O)NCc1cc(-c2ccccc2)on1. The van der Waals surface area contributed by atoms with Crippen LogP contribution >= 0.6 is 0 Å². The van der Waals surface area contributed by atoms with E-state index in [9.17, 15) is 9.18 Å². The molecule has 0 aliphatic rings. The van der Waals surface area contributed by atoms with Crippen LogP contribution in [0.2, 0.25) is 0 Å². The van der Waals surface area contributed by atoms with E-state index in [0.29, 0.717) is 34.0 Å². The van der Waals surface area contributed by atoms with Crippen LogP contribution in [0.3, 0.4) is 0 Å². The second-order valence-electron chi connectivity index (χ2n) is 6.20. The molecule has 0 bridgehead atoms. The molecule has 2 aromatic carbocycles. The summed E-state index contributed by atoms with van der Waals surface area (Å²) in [4.78, 5) is 12.7. The van der Waals surface area contributed by atoms with E-state index in [2.05, 4.69) is 15.6 Å². The van der Waals surface area contributed by atoms with Gasteiger partial charge in [-0.25, -0.2) is 4.39 Å². The minimum Gasteiger partial charge on any atom is -0.360 e. The first kappa shape index (κ1) is 17.7. The van der Waals surface area contributed by atoms with Gasteiger partial charge < -0.3 is 14.4 Å². The average molecular weight is 377 g/mol. The van der Waals surface area contributed by atoms with Gasteiger partial charge in [-0.1, -0.05) is 40.6 Å². The number of nitrogens with zero attached hydrogens (tertiary/aromatic N) is 2. The lowest BCUT2D eigenvalue weighted by Gasteiger charge is -2.04. The van der Waals surface area contributed by atoms with Gasteiger partial charge in [-0.2, -0.15) is 0 Å². The molecule has 4 rings (SSSR count). The maximum Gasteiger partial charge on any atom is 0.257 e. The first-order valence-corrected chi connectivity index (χ1v) is 8.63. The summed E-state index contributed by atoms with van der Waals surface area (Å²) < 4.78 is 23.7. The number of halogens is 1.